The van der Waals surface area contributed by atoms with Crippen molar-refractivity contribution in [3.05, 3.63) is 0 Å². The number of aliphatic hydroxyl groups excluding tert-OH is 1. The molecule has 3 nitrogen and oxygen atoms in total. The lowest BCUT2D eigenvalue weighted by atomic mass is 9.92. The van der Waals surface area contributed by atoms with E-state index in [-0.39, 0.29) is 12.2 Å². The Hall–Kier alpha value is -0.120. The van der Waals surface area contributed by atoms with Crippen molar-refractivity contribution in [3.8, 4) is 0 Å². The van der Waals surface area contributed by atoms with Crippen LogP contribution in [0.2, 0.25) is 0 Å². The Labute approximate surface area is 80.0 Å². The van der Waals surface area contributed by atoms with E-state index < -0.39 is 0 Å². The van der Waals surface area contributed by atoms with Crippen molar-refractivity contribution >= 4 is 0 Å². The zero-order valence-electron chi connectivity index (χ0n) is 8.37. The van der Waals surface area contributed by atoms with Gasteiger partial charge >= 0.3 is 0 Å². The van der Waals surface area contributed by atoms with Gasteiger partial charge in [0.2, 0.25) is 0 Å². The summed E-state index contributed by atoms with van der Waals surface area (Å²) in [5.74, 6) is 0. The van der Waals surface area contributed by atoms with E-state index in [1.807, 2.05) is 0 Å². The molecular formula is C10H20O3. The van der Waals surface area contributed by atoms with Gasteiger partial charge in [-0.25, -0.2) is 0 Å². The van der Waals surface area contributed by atoms with Crippen LogP contribution in [-0.2, 0) is 9.47 Å². The molecule has 78 valence electrons. The van der Waals surface area contributed by atoms with Crippen LogP contribution < -0.4 is 0 Å². The molecule has 1 fully saturated rings. The van der Waals surface area contributed by atoms with E-state index in [9.17, 15) is 0 Å². The van der Waals surface area contributed by atoms with Gasteiger partial charge in [-0.05, 0) is 19.3 Å². The van der Waals surface area contributed by atoms with Crippen LogP contribution in [0.4, 0.5) is 0 Å². The number of rotatable bonds is 7. The van der Waals surface area contributed by atoms with Crippen LogP contribution in [0.5, 0.6) is 0 Å². The molecule has 13 heavy (non-hydrogen) atoms. The first-order valence-corrected chi connectivity index (χ1v) is 5.20. The van der Waals surface area contributed by atoms with E-state index in [0.717, 1.165) is 25.9 Å². The smallest absolute Gasteiger partial charge is 0.0704 e. The predicted octanol–water partition coefficient (Wildman–Crippen LogP) is 1.34. The van der Waals surface area contributed by atoms with E-state index in [2.05, 4.69) is 6.92 Å². The molecular weight excluding hydrogens is 168 g/mol. The third kappa shape index (κ3) is 4.60. The van der Waals surface area contributed by atoms with Crippen LogP contribution in [0.1, 0.15) is 32.6 Å². The lowest BCUT2D eigenvalue weighted by Crippen LogP contribution is -2.36. The highest BCUT2D eigenvalue weighted by Gasteiger charge is 2.27. The minimum atomic E-state index is -0.119. The third-order valence-electron chi connectivity index (χ3n) is 2.29. The lowest BCUT2D eigenvalue weighted by Gasteiger charge is -2.31. The zero-order valence-corrected chi connectivity index (χ0v) is 8.37. The van der Waals surface area contributed by atoms with E-state index >= 15 is 0 Å². The molecule has 0 bridgehead atoms. The molecule has 1 rings (SSSR count). The molecule has 0 radical (unpaired) electrons. The first kappa shape index (κ1) is 11.0. The summed E-state index contributed by atoms with van der Waals surface area (Å²) in [7, 11) is 0. The summed E-state index contributed by atoms with van der Waals surface area (Å²) in [4.78, 5) is 0. The van der Waals surface area contributed by atoms with Crippen molar-refractivity contribution in [2.24, 2.45) is 0 Å². The maximum Gasteiger partial charge on any atom is 0.0704 e. The van der Waals surface area contributed by atoms with Gasteiger partial charge in [0.05, 0.1) is 25.4 Å². The number of hydrogen-bond acceptors (Lipinski definition) is 3. The molecule has 1 saturated carbocycles. The molecule has 1 N–H and O–H groups in total. The van der Waals surface area contributed by atoms with E-state index in [0.29, 0.717) is 13.2 Å². The fourth-order valence-electron chi connectivity index (χ4n) is 1.30. The largest absolute Gasteiger partial charge is 0.393 e. The Morgan fingerprint density at radius 3 is 2.62 bits per heavy atom. The van der Waals surface area contributed by atoms with Crippen molar-refractivity contribution in [1.82, 2.24) is 0 Å². The summed E-state index contributed by atoms with van der Waals surface area (Å²) in [6.45, 7) is 4.34. The Kier molecular flexibility index (Phi) is 5.35. The number of ether oxygens (including phenoxy) is 2. The highest BCUT2D eigenvalue weighted by molar-refractivity contribution is 4.78. The van der Waals surface area contributed by atoms with Gasteiger partial charge in [0.15, 0.2) is 0 Å². The standard InChI is InChI=1S/C10H20O3/c1-2-3-4-12-5-6-13-10-7-9(11)8-10/h9-11H,2-8H2,1H3. The van der Waals surface area contributed by atoms with Crippen LogP contribution in [0, 0.1) is 0 Å². The normalized spacial score (nSPS) is 27.2. The molecule has 0 amide bonds. The van der Waals surface area contributed by atoms with Gasteiger partial charge in [-0.1, -0.05) is 13.3 Å². The molecule has 0 aromatic carbocycles. The fourth-order valence-corrected chi connectivity index (χ4v) is 1.30. The summed E-state index contributed by atoms with van der Waals surface area (Å²) < 4.78 is 10.8. The van der Waals surface area contributed by atoms with Crippen molar-refractivity contribution in [2.45, 2.75) is 44.8 Å². The summed E-state index contributed by atoms with van der Waals surface area (Å²) in [6, 6.07) is 0. The Morgan fingerprint density at radius 1 is 1.23 bits per heavy atom. The van der Waals surface area contributed by atoms with Crippen molar-refractivity contribution in [1.29, 1.82) is 0 Å². The van der Waals surface area contributed by atoms with Gasteiger partial charge in [-0.15, -0.1) is 0 Å². The number of hydrogen-bond donors (Lipinski definition) is 1. The second kappa shape index (κ2) is 6.35. The molecule has 1 aliphatic rings. The second-order valence-corrected chi connectivity index (χ2v) is 3.58. The van der Waals surface area contributed by atoms with Crippen LogP contribution in [0.25, 0.3) is 0 Å². The van der Waals surface area contributed by atoms with Crippen molar-refractivity contribution in [3.63, 3.8) is 0 Å². The monoisotopic (exact) mass is 188 g/mol. The minimum Gasteiger partial charge on any atom is -0.393 e. The Balaban J connectivity index is 1.74. The Morgan fingerprint density at radius 2 is 2.00 bits per heavy atom. The third-order valence-corrected chi connectivity index (χ3v) is 2.29. The maximum absolute atomic E-state index is 8.98. The summed E-state index contributed by atoms with van der Waals surface area (Å²) >= 11 is 0. The van der Waals surface area contributed by atoms with Gasteiger partial charge in [-0.3, -0.25) is 0 Å². The SMILES string of the molecule is CCCCOCCOC1CC(O)C1. The van der Waals surface area contributed by atoms with Crippen molar-refractivity contribution < 1.29 is 14.6 Å². The molecule has 0 heterocycles. The molecule has 3 heteroatoms. The van der Waals surface area contributed by atoms with Gasteiger partial charge in [-0.2, -0.15) is 0 Å². The van der Waals surface area contributed by atoms with Crippen LogP contribution in [0.15, 0.2) is 0 Å². The number of unbranched alkanes of at least 4 members (excludes halogenated alkanes) is 1. The highest BCUT2D eigenvalue weighted by Crippen LogP contribution is 2.22. The van der Waals surface area contributed by atoms with Gasteiger partial charge < -0.3 is 14.6 Å². The zero-order chi connectivity index (χ0) is 9.52. The lowest BCUT2D eigenvalue weighted by molar-refractivity contribution is -0.0837. The summed E-state index contributed by atoms with van der Waals surface area (Å²) in [5.41, 5.74) is 0. The average molecular weight is 188 g/mol. The topological polar surface area (TPSA) is 38.7 Å². The summed E-state index contributed by atoms with van der Waals surface area (Å²) in [6.07, 6.45) is 4.07. The molecule has 0 atom stereocenters. The molecule has 1 aliphatic carbocycles. The van der Waals surface area contributed by atoms with Gasteiger partial charge in [0.1, 0.15) is 0 Å². The van der Waals surface area contributed by atoms with Gasteiger partial charge in [0, 0.05) is 6.61 Å². The quantitative estimate of drug-likeness (QED) is 0.613. The Bertz CT molecular complexity index is 121. The first-order valence-electron chi connectivity index (χ1n) is 5.20. The molecule has 0 saturated heterocycles. The van der Waals surface area contributed by atoms with Crippen molar-refractivity contribution in [2.75, 3.05) is 19.8 Å². The molecule has 0 aliphatic heterocycles. The maximum atomic E-state index is 8.98. The first-order chi connectivity index (χ1) is 6.33. The molecule has 0 spiro atoms. The van der Waals surface area contributed by atoms with E-state index in [4.69, 9.17) is 14.6 Å². The number of aliphatic hydroxyl groups is 1. The molecule has 0 aromatic heterocycles. The van der Waals surface area contributed by atoms with Crippen LogP contribution >= 0.6 is 0 Å². The van der Waals surface area contributed by atoms with Crippen LogP contribution in [-0.4, -0.2) is 37.1 Å². The predicted molar refractivity (Wildman–Crippen MR) is 50.7 cm³/mol. The fraction of sp³-hybridized carbons (Fsp3) is 1.00. The molecule has 0 aromatic rings. The van der Waals surface area contributed by atoms with Gasteiger partial charge in [0.25, 0.3) is 0 Å². The van der Waals surface area contributed by atoms with E-state index in [1.165, 1.54) is 6.42 Å². The molecule has 0 unspecified atom stereocenters. The minimum absolute atomic E-state index is 0.119. The van der Waals surface area contributed by atoms with E-state index in [1.54, 1.807) is 0 Å². The second-order valence-electron chi connectivity index (χ2n) is 3.58. The summed E-state index contributed by atoms with van der Waals surface area (Å²) in [5, 5.41) is 8.98. The highest BCUT2D eigenvalue weighted by atomic mass is 16.5. The average Bonchev–Trinajstić information content (AvgIpc) is 2.07. The van der Waals surface area contributed by atoms with Crippen LogP contribution in [0.3, 0.4) is 0 Å².